The van der Waals surface area contributed by atoms with Gasteiger partial charge in [0.25, 0.3) is 0 Å². The highest BCUT2D eigenvalue weighted by atomic mass is 16.6. The van der Waals surface area contributed by atoms with E-state index in [1.165, 1.54) is 7.11 Å². The Morgan fingerprint density at radius 3 is 2.50 bits per heavy atom. The third-order valence-corrected chi connectivity index (χ3v) is 3.86. The molecule has 0 saturated heterocycles. The fraction of sp³-hybridized carbons (Fsp3) is 0.0909. The average molecular weight is 345 g/mol. The maximum Gasteiger partial charge on any atom is 0.228 e. The predicted octanol–water partition coefficient (Wildman–Crippen LogP) is 4.27. The molecule has 0 spiro atoms. The standard InChI is InChI=1S/C22H19NO3/c1-25-21-13-6-5-12-20(22(21)24)19-11-7-10-18(14-19)15-23-26-16-17-8-3-2-4-9-17/h2-15H,16H2,1H3/b23-15+. The van der Waals surface area contributed by atoms with Gasteiger partial charge in [0.2, 0.25) is 5.43 Å². The monoisotopic (exact) mass is 345 g/mol. The molecule has 0 aliphatic rings. The summed E-state index contributed by atoms with van der Waals surface area (Å²) in [5, 5.41) is 4.01. The van der Waals surface area contributed by atoms with Gasteiger partial charge in [0, 0.05) is 5.56 Å². The van der Waals surface area contributed by atoms with Gasteiger partial charge in [-0.15, -0.1) is 0 Å². The Hall–Kier alpha value is -3.40. The lowest BCUT2D eigenvalue weighted by Crippen LogP contribution is -2.05. The summed E-state index contributed by atoms with van der Waals surface area (Å²) in [6.45, 7) is 0.410. The van der Waals surface area contributed by atoms with Gasteiger partial charge < -0.3 is 9.57 Å². The topological polar surface area (TPSA) is 47.9 Å². The molecule has 0 aliphatic heterocycles. The van der Waals surface area contributed by atoms with Crippen molar-refractivity contribution in [1.82, 2.24) is 0 Å². The predicted molar refractivity (Wildman–Crippen MR) is 104 cm³/mol. The zero-order valence-electron chi connectivity index (χ0n) is 14.5. The molecule has 3 aromatic rings. The number of hydrogen-bond donors (Lipinski definition) is 0. The average Bonchev–Trinajstić information content (AvgIpc) is 2.87. The third-order valence-electron chi connectivity index (χ3n) is 3.86. The molecule has 0 heterocycles. The molecule has 3 aromatic carbocycles. The first kappa shape index (κ1) is 17.4. The van der Waals surface area contributed by atoms with Gasteiger partial charge in [-0.05, 0) is 28.8 Å². The van der Waals surface area contributed by atoms with Crippen molar-refractivity contribution < 1.29 is 9.57 Å². The van der Waals surface area contributed by atoms with Crippen LogP contribution in [0.1, 0.15) is 11.1 Å². The molecule has 0 unspecified atom stereocenters. The highest BCUT2D eigenvalue weighted by Crippen LogP contribution is 2.18. The van der Waals surface area contributed by atoms with Crippen LogP contribution in [0.4, 0.5) is 0 Å². The smallest absolute Gasteiger partial charge is 0.228 e. The van der Waals surface area contributed by atoms with Crippen LogP contribution in [0.3, 0.4) is 0 Å². The molecule has 26 heavy (non-hydrogen) atoms. The van der Waals surface area contributed by atoms with E-state index < -0.39 is 0 Å². The van der Waals surface area contributed by atoms with Crippen molar-refractivity contribution in [3.63, 3.8) is 0 Å². The van der Waals surface area contributed by atoms with E-state index in [9.17, 15) is 4.79 Å². The minimum absolute atomic E-state index is 0.146. The maximum absolute atomic E-state index is 12.5. The van der Waals surface area contributed by atoms with Crippen molar-refractivity contribution in [1.29, 1.82) is 0 Å². The molecular weight excluding hydrogens is 326 g/mol. The molecule has 0 saturated carbocycles. The van der Waals surface area contributed by atoms with Gasteiger partial charge in [-0.2, -0.15) is 0 Å². The fourth-order valence-electron chi connectivity index (χ4n) is 2.54. The van der Waals surface area contributed by atoms with Crippen molar-refractivity contribution >= 4 is 6.21 Å². The summed E-state index contributed by atoms with van der Waals surface area (Å²) in [5.74, 6) is 0.315. The molecule has 0 aliphatic carbocycles. The molecule has 0 N–H and O–H groups in total. The van der Waals surface area contributed by atoms with E-state index in [1.807, 2.05) is 60.7 Å². The van der Waals surface area contributed by atoms with Gasteiger partial charge in [-0.1, -0.05) is 71.9 Å². The van der Waals surface area contributed by atoms with E-state index in [0.717, 1.165) is 16.7 Å². The van der Waals surface area contributed by atoms with Crippen LogP contribution in [0, 0.1) is 0 Å². The first-order valence-corrected chi connectivity index (χ1v) is 8.25. The normalized spacial score (nSPS) is 10.7. The molecule has 0 amide bonds. The van der Waals surface area contributed by atoms with Crippen LogP contribution >= 0.6 is 0 Å². The van der Waals surface area contributed by atoms with Crippen molar-refractivity contribution in [2.45, 2.75) is 6.61 Å². The van der Waals surface area contributed by atoms with Crippen LogP contribution in [0.5, 0.6) is 5.75 Å². The Morgan fingerprint density at radius 2 is 1.69 bits per heavy atom. The van der Waals surface area contributed by atoms with Gasteiger partial charge in [-0.25, -0.2) is 0 Å². The van der Waals surface area contributed by atoms with Crippen LogP contribution in [-0.4, -0.2) is 13.3 Å². The Morgan fingerprint density at radius 1 is 0.923 bits per heavy atom. The summed E-state index contributed by atoms with van der Waals surface area (Å²) in [7, 11) is 1.49. The van der Waals surface area contributed by atoms with E-state index in [-0.39, 0.29) is 5.43 Å². The van der Waals surface area contributed by atoms with Gasteiger partial charge in [0.05, 0.1) is 13.3 Å². The van der Waals surface area contributed by atoms with E-state index in [2.05, 4.69) is 5.16 Å². The molecular formula is C22H19NO3. The second-order valence-electron chi connectivity index (χ2n) is 5.65. The SMILES string of the molecule is COc1ccccc(-c2cccc(/C=N/OCc3ccccc3)c2)c1=O. The molecule has 4 nitrogen and oxygen atoms in total. The second-order valence-corrected chi connectivity index (χ2v) is 5.65. The minimum Gasteiger partial charge on any atom is -0.493 e. The minimum atomic E-state index is -0.146. The number of nitrogens with zero attached hydrogens (tertiary/aromatic N) is 1. The maximum atomic E-state index is 12.5. The molecule has 0 bridgehead atoms. The highest BCUT2D eigenvalue weighted by Gasteiger charge is 2.06. The van der Waals surface area contributed by atoms with Crippen molar-refractivity contribution in [2.24, 2.45) is 5.16 Å². The van der Waals surface area contributed by atoms with Crippen molar-refractivity contribution in [3.05, 3.63) is 100 Å². The first-order valence-electron chi connectivity index (χ1n) is 8.25. The molecule has 130 valence electrons. The quantitative estimate of drug-likeness (QED) is 0.495. The van der Waals surface area contributed by atoms with Gasteiger partial charge in [0.15, 0.2) is 5.75 Å². The largest absolute Gasteiger partial charge is 0.493 e. The second kappa shape index (κ2) is 8.62. The Labute approximate surface area is 152 Å². The number of methoxy groups -OCH3 is 1. The van der Waals surface area contributed by atoms with Crippen LogP contribution < -0.4 is 10.2 Å². The van der Waals surface area contributed by atoms with Gasteiger partial charge >= 0.3 is 0 Å². The first-order chi connectivity index (χ1) is 12.8. The lowest BCUT2D eigenvalue weighted by Gasteiger charge is -2.02. The van der Waals surface area contributed by atoms with Crippen LogP contribution in [0.2, 0.25) is 0 Å². The van der Waals surface area contributed by atoms with Crippen molar-refractivity contribution in [2.75, 3.05) is 7.11 Å². The lowest BCUT2D eigenvalue weighted by atomic mass is 10.0. The molecule has 0 radical (unpaired) electrons. The van der Waals surface area contributed by atoms with Gasteiger partial charge in [0.1, 0.15) is 6.61 Å². The van der Waals surface area contributed by atoms with E-state index in [4.69, 9.17) is 9.57 Å². The highest BCUT2D eigenvalue weighted by molar-refractivity contribution is 5.82. The number of hydrogen-bond acceptors (Lipinski definition) is 4. The molecule has 4 heteroatoms. The van der Waals surface area contributed by atoms with E-state index >= 15 is 0 Å². The number of rotatable bonds is 6. The molecule has 0 fully saturated rings. The summed E-state index contributed by atoms with van der Waals surface area (Å²) in [6, 6.07) is 24.5. The van der Waals surface area contributed by atoms with Crippen LogP contribution in [0.15, 0.2) is 88.8 Å². The number of benzene rings is 2. The van der Waals surface area contributed by atoms with Crippen LogP contribution in [-0.2, 0) is 11.4 Å². The summed E-state index contributed by atoms with van der Waals surface area (Å²) in [4.78, 5) is 17.9. The van der Waals surface area contributed by atoms with Gasteiger partial charge in [-0.3, -0.25) is 4.79 Å². The van der Waals surface area contributed by atoms with E-state index in [1.54, 1.807) is 24.4 Å². The zero-order valence-corrected chi connectivity index (χ0v) is 14.5. The molecule has 0 atom stereocenters. The molecule has 3 rings (SSSR count). The molecule has 0 aromatic heterocycles. The summed E-state index contributed by atoms with van der Waals surface area (Å²) >= 11 is 0. The zero-order chi connectivity index (χ0) is 18.2. The number of oxime groups is 1. The lowest BCUT2D eigenvalue weighted by molar-refractivity contribution is 0.132. The summed E-state index contributed by atoms with van der Waals surface area (Å²) in [5.41, 5.74) is 3.13. The van der Waals surface area contributed by atoms with E-state index in [0.29, 0.717) is 17.9 Å². The Kier molecular flexibility index (Phi) is 5.78. The van der Waals surface area contributed by atoms with Crippen LogP contribution in [0.25, 0.3) is 11.1 Å². The fourth-order valence-corrected chi connectivity index (χ4v) is 2.54. The Balaban J connectivity index is 1.78. The Bertz CT molecular complexity index is 952. The summed E-state index contributed by atoms with van der Waals surface area (Å²) in [6.07, 6.45) is 1.64. The third kappa shape index (κ3) is 4.36. The van der Waals surface area contributed by atoms with Crippen molar-refractivity contribution in [3.8, 4) is 16.9 Å². The number of ether oxygens (including phenoxy) is 1. The summed E-state index contributed by atoms with van der Waals surface area (Å²) < 4.78 is 5.16.